The van der Waals surface area contributed by atoms with Crippen molar-refractivity contribution in [3.05, 3.63) is 40.3 Å². The molecule has 32 heavy (non-hydrogen) atoms. The molecule has 1 aliphatic rings. The average Bonchev–Trinajstić information content (AvgIpc) is 3.29. The Kier molecular flexibility index (Phi) is 6.76. The first kappa shape index (κ1) is 22.3. The summed E-state index contributed by atoms with van der Waals surface area (Å²) in [6.45, 7) is 4.58. The number of rotatable bonds is 8. The van der Waals surface area contributed by atoms with Crippen LogP contribution in [0, 0.1) is 5.92 Å². The van der Waals surface area contributed by atoms with Crippen molar-refractivity contribution in [2.45, 2.75) is 39.7 Å². The van der Waals surface area contributed by atoms with E-state index in [0.29, 0.717) is 29.0 Å². The molecule has 0 unspecified atom stereocenters. The van der Waals surface area contributed by atoms with Gasteiger partial charge in [0.15, 0.2) is 0 Å². The molecule has 1 aromatic carbocycles. The Morgan fingerprint density at radius 2 is 2.16 bits per heavy atom. The lowest BCUT2D eigenvalue weighted by atomic mass is 9.88. The van der Waals surface area contributed by atoms with Gasteiger partial charge >= 0.3 is 5.97 Å². The topological polar surface area (TPSA) is 105 Å². The van der Waals surface area contributed by atoms with Gasteiger partial charge in [0.2, 0.25) is 11.9 Å². The Balaban J connectivity index is 1.62. The molecule has 0 saturated carbocycles. The summed E-state index contributed by atoms with van der Waals surface area (Å²) >= 11 is 1.48. The molecule has 3 N–H and O–H groups in total. The van der Waals surface area contributed by atoms with Crippen LogP contribution < -0.4 is 10.6 Å². The van der Waals surface area contributed by atoms with E-state index in [2.05, 4.69) is 22.5 Å². The van der Waals surface area contributed by atoms with Crippen LogP contribution in [0.5, 0.6) is 0 Å². The zero-order valence-electron chi connectivity index (χ0n) is 18.3. The van der Waals surface area contributed by atoms with Gasteiger partial charge in [-0.05, 0) is 49.8 Å². The van der Waals surface area contributed by atoms with Gasteiger partial charge in [0.25, 0.3) is 0 Å². The highest BCUT2D eigenvalue weighted by molar-refractivity contribution is 7.17. The zero-order valence-corrected chi connectivity index (χ0v) is 19.1. The van der Waals surface area contributed by atoms with Gasteiger partial charge in [-0.2, -0.15) is 0 Å². The Morgan fingerprint density at radius 1 is 1.34 bits per heavy atom. The van der Waals surface area contributed by atoms with Crippen LogP contribution in [0.4, 0.5) is 10.9 Å². The lowest BCUT2D eigenvalue weighted by molar-refractivity contribution is -0.116. The quantitative estimate of drug-likeness (QED) is 0.449. The number of aliphatic hydroxyl groups is 1. The van der Waals surface area contributed by atoms with Crippen molar-refractivity contribution >= 4 is 45.2 Å². The predicted molar refractivity (Wildman–Crippen MR) is 125 cm³/mol. The van der Waals surface area contributed by atoms with E-state index < -0.39 is 0 Å². The standard InChI is InChI=1S/C23H28N4O4S/c1-3-31-22(30)20-15-9-8-14(2)12-18(15)32-21(20)26-19(29)13-27-17-7-5-4-6-16(17)25-23(27)24-10-11-28/h4-7,14,28H,3,8-13H2,1-2H3,(H,24,25)(H,26,29)/t14-/m0/s1. The smallest absolute Gasteiger partial charge is 0.341 e. The summed E-state index contributed by atoms with van der Waals surface area (Å²) in [5.41, 5.74) is 3.09. The molecule has 0 spiro atoms. The van der Waals surface area contributed by atoms with Gasteiger partial charge in [0, 0.05) is 11.4 Å². The number of nitrogens with zero attached hydrogens (tertiary/aromatic N) is 2. The van der Waals surface area contributed by atoms with Crippen molar-refractivity contribution in [3.63, 3.8) is 0 Å². The van der Waals surface area contributed by atoms with Crippen molar-refractivity contribution in [1.82, 2.24) is 9.55 Å². The van der Waals surface area contributed by atoms with Crippen molar-refractivity contribution in [2.75, 3.05) is 30.4 Å². The molecule has 1 atom stereocenters. The molecule has 170 valence electrons. The van der Waals surface area contributed by atoms with Gasteiger partial charge in [0.05, 0.1) is 29.8 Å². The van der Waals surface area contributed by atoms with Crippen LogP contribution >= 0.6 is 11.3 Å². The van der Waals surface area contributed by atoms with Crippen LogP contribution in [0.2, 0.25) is 0 Å². The van der Waals surface area contributed by atoms with Gasteiger partial charge in [-0.25, -0.2) is 9.78 Å². The number of para-hydroxylation sites is 2. The summed E-state index contributed by atoms with van der Waals surface area (Å²) in [4.78, 5) is 31.5. The Hall–Kier alpha value is -2.91. The van der Waals surface area contributed by atoms with Crippen LogP contribution in [-0.2, 0) is 28.9 Å². The third-order valence-corrected chi connectivity index (χ3v) is 6.77. The lowest BCUT2D eigenvalue weighted by Crippen LogP contribution is -2.22. The van der Waals surface area contributed by atoms with Gasteiger partial charge < -0.3 is 25.0 Å². The first-order chi connectivity index (χ1) is 15.5. The third-order valence-electron chi connectivity index (χ3n) is 5.60. The normalized spacial score (nSPS) is 15.4. The van der Waals surface area contributed by atoms with Crippen molar-refractivity contribution in [1.29, 1.82) is 0 Å². The summed E-state index contributed by atoms with van der Waals surface area (Å²) in [5, 5.41) is 15.8. The van der Waals surface area contributed by atoms with E-state index in [4.69, 9.17) is 4.74 Å². The second kappa shape index (κ2) is 9.70. The van der Waals surface area contributed by atoms with Crippen molar-refractivity contribution in [2.24, 2.45) is 5.92 Å². The van der Waals surface area contributed by atoms with E-state index in [1.165, 1.54) is 11.3 Å². The molecule has 0 saturated heterocycles. The number of nitrogens with one attached hydrogen (secondary N) is 2. The molecule has 1 aliphatic carbocycles. The van der Waals surface area contributed by atoms with Crippen molar-refractivity contribution in [3.8, 4) is 0 Å². The predicted octanol–water partition coefficient (Wildman–Crippen LogP) is 3.44. The number of aromatic nitrogens is 2. The summed E-state index contributed by atoms with van der Waals surface area (Å²) in [5.74, 6) is 0.433. The van der Waals surface area contributed by atoms with Gasteiger partial charge in [0.1, 0.15) is 11.5 Å². The summed E-state index contributed by atoms with van der Waals surface area (Å²) < 4.78 is 7.07. The van der Waals surface area contributed by atoms with Crippen LogP contribution in [0.25, 0.3) is 11.0 Å². The Labute approximate surface area is 190 Å². The highest BCUT2D eigenvalue weighted by Gasteiger charge is 2.29. The first-order valence-corrected chi connectivity index (χ1v) is 11.7. The fourth-order valence-electron chi connectivity index (χ4n) is 4.11. The number of hydrogen-bond donors (Lipinski definition) is 3. The molecule has 0 bridgehead atoms. The maximum Gasteiger partial charge on any atom is 0.341 e. The monoisotopic (exact) mass is 456 g/mol. The van der Waals surface area contributed by atoms with Gasteiger partial charge in [-0.1, -0.05) is 19.1 Å². The number of aliphatic hydroxyl groups excluding tert-OH is 1. The fourth-order valence-corrected chi connectivity index (χ4v) is 5.52. The SMILES string of the molecule is CCOC(=O)c1c(NC(=O)Cn2c(NCCO)nc3ccccc32)sc2c1CC[C@H](C)C2. The van der Waals surface area contributed by atoms with Crippen LogP contribution in [0.1, 0.15) is 41.1 Å². The number of esters is 1. The van der Waals surface area contributed by atoms with E-state index in [0.717, 1.165) is 40.7 Å². The second-order valence-corrected chi connectivity index (χ2v) is 9.09. The minimum absolute atomic E-state index is 0.0233. The summed E-state index contributed by atoms with van der Waals surface area (Å²) in [6.07, 6.45) is 2.74. The summed E-state index contributed by atoms with van der Waals surface area (Å²) in [6, 6.07) is 7.55. The molecule has 0 radical (unpaired) electrons. The molecule has 2 aromatic heterocycles. The number of imidazole rings is 1. The molecule has 0 fully saturated rings. The molecule has 4 rings (SSSR count). The molecule has 3 aromatic rings. The number of fused-ring (bicyclic) bond motifs is 2. The molecule has 0 aliphatic heterocycles. The van der Waals surface area contributed by atoms with E-state index in [-0.39, 0.29) is 31.6 Å². The fraction of sp³-hybridized carbons (Fsp3) is 0.435. The van der Waals surface area contributed by atoms with E-state index in [1.54, 1.807) is 11.5 Å². The van der Waals surface area contributed by atoms with Gasteiger partial charge in [-0.3, -0.25) is 4.79 Å². The maximum atomic E-state index is 13.1. The average molecular weight is 457 g/mol. The minimum atomic E-state index is -0.381. The van der Waals surface area contributed by atoms with Gasteiger partial charge in [-0.15, -0.1) is 11.3 Å². The minimum Gasteiger partial charge on any atom is -0.462 e. The molecular formula is C23H28N4O4S. The van der Waals surface area contributed by atoms with E-state index in [9.17, 15) is 14.7 Å². The third kappa shape index (κ3) is 4.49. The largest absolute Gasteiger partial charge is 0.462 e. The lowest BCUT2D eigenvalue weighted by Gasteiger charge is -2.18. The van der Waals surface area contributed by atoms with E-state index in [1.807, 2.05) is 24.3 Å². The first-order valence-electron chi connectivity index (χ1n) is 10.9. The highest BCUT2D eigenvalue weighted by Crippen LogP contribution is 2.40. The van der Waals surface area contributed by atoms with Crippen LogP contribution in [0.3, 0.4) is 0 Å². The van der Waals surface area contributed by atoms with E-state index >= 15 is 0 Å². The number of carbonyl (C=O) groups is 2. The number of benzene rings is 1. The summed E-state index contributed by atoms with van der Waals surface area (Å²) in [7, 11) is 0. The molecule has 1 amide bonds. The van der Waals surface area contributed by atoms with Crippen molar-refractivity contribution < 1.29 is 19.4 Å². The number of thiophene rings is 1. The maximum absolute atomic E-state index is 13.1. The second-order valence-electron chi connectivity index (χ2n) is 7.99. The molecular weight excluding hydrogens is 428 g/mol. The molecule has 2 heterocycles. The molecule has 8 nitrogen and oxygen atoms in total. The highest BCUT2D eigenvalue weighted by atomic mass is 32.1. The van der Waals surface area contributed by atoms with Crippen LogP contribution in [0.15, 0.2) is 24.3 Å². The Bertz CT molecular complexity index is 1140. The Morgan fingerprint density at radius 3 is 2.94 bits per heavy atom. The zero-order chi connectivity index (χ0) is 22.7. The number of amides is 1. The number of anilines is 2. The number of ether oxygens (including phenoxy) is 1. The number of carbonyl (C=O) groups excluding carboxylic acids is 2. The van der Waals surface area contributed by atoms with Crippen LogP contribution in [-0.4, -0.2) is 46.3 Å². The number of hydrogen-bond acceptors (Lipinski definition) is 7. The molecule has 9 heteroatoms.